The average Bonchev–Trinajstić information content (AvgIpc) is 3.49. The van der Waals surface area contributed by atoms with Crippen molar-refractivity contribution in [2.45, 2.75) is 19.6 Å². The lowest BCUT2D eigenvalue weighted by atomic mass is 10.2. The van der Waals surface area contributed by atoms with E-state index in [1.807, 2.05) is 34.9 Å². The Hall–Kier alpha value is -4.20. The number of carbonyl (C=O) groups excluding carboxylic acids is 2. The summed E-state index contributed by atoms with van der Waals surface area (Å²) >= 11 is 0. The fourth-order valence-corrected chi connectivity index (χ4v) is 2.92. The SMILES string of the molecule is O=C(CCn1ccnc1)Nc1cccc(C(=O)OCc2ncc(-c3ccccc3)o2)c1. The van der Waals surface area contributed by atoms with Crippen LogP contribution < -0.4 is 5.32 Å². The summed E-state index contributed by atoms with van der Waals surface area (Å²) in [5.41, 5.74) is 1.74. The number of rotatable bonds is 8. The Labute approximate surface area is 178 Å². The number of hydrogen-bond donors (Lipinski definition) is 1. The quantitative estimate of drug-likeness (QED) is 0.437. The van der Waals surface area contributed by atoms with Crippen LogP contribution in [0.25, 0.3) is 11.3 Å². The Bertz CT molecular complexity index is 1150. The lowest BCUT2D eigenvalue weighted by Crippen LogP contribution is -2.14. The van der Waals surface area contributed by atoms with Crippen LogP contribution in [0.5, 0.6) is 0 Å². The second kappa shape index (κ2) is 9.53. The number of amides is 1. The van der Waals surface area contributed by atoms with Crippen molar-refractivity contribution < 1.29 is 18.7 Å². The van der Waals surface area contributed by atoms with E-state index in [1.165, 1.54) is 0 Å². The predicted molar refractivity (Wildman–Crippen MR) is 113 cm³/mol. The van der Waals surface area contributed by atoms with E-state index >= 15 is 0 Å². The van der Waals surface area contributed by atoms with E-state index < -0.39 is 5.97 Å². The van der Waals surface area contributed by atoms with Crippen LogP contribution in [0.4, 0.5) is 5.69 Å². The first-order chi connectivity index (χ1) is 15.2. The van der Waals surface area contributed by atoms with E-state index in [1.54, 1.807) is 49.2 Å². The molecule has 0 radical (unpaired) electrons. The standard InChI is InChI=1S/C23H20N4O4/c28-21(9-11-27-12-10-24-16-27)26-19-8-4-7-18(13-19)23(29)30-15-22-25-14-20(31-22)17-5-2-1-3-6-17/h1-8,10,12-14,16H,9,11,15H2,(H,26,28). The Morgan fingerprint density at radius 2 is 1.97 bits per heavy atom. The minimum Gasteiger partial charge on any atom is -0.452 e. The molecule has 8 nitrogen and oxygen atoms in total. The monoisotopic (exact) mass is 416 g/mol. The van der Waals surface area contributed by atoms with Crippen molar-refractivity contribution in [2.24, 2.45) is 0 Å². The van der Waals surface area contributed by atoms with E-state index in [2.05, 4.69) is 15.3 Å². The van der Waals surface area contributed by atoms with Crippen molar-refractivity contribution in [1.29, 1.82) is 0 Å². The molecule has 2 aromatic heterocycles. The van der Waals surface area contributed by atoms with E-state index in [0.29, 0.717) is 35.9 Å². The number of nitrogens with zero attached hydrogens (tertiary/aromatic N) is 3. The third kappa shape index (κ3) is 5.45. The van der Waals surface area contributed by atoms with E-state index in [-0.39, 0.29) is 12.5 Å². The smallest absolute Gasteiger partial charge is 0.338 e. The van der Waals surface area contributed by atoms with Gasteiger partial charge in [-0.2, -0.15) is 0 Å². The van der Waals surface area contributed by atoms with Crippen LogP contribution in [-0.4, -0.2) is 26.4 Å². The number of aromatic nitrogens is 3. The van der Waals surface area contributed by atoms with Crippen LogP contribution in [0.1, 0.15) is 22.7 Å². The van der Waals surface area contributed by atoms with Crippen LogP contribution >= 0.6 is 0 Å². The van der Waals surface area contributed by atoms with Gasteiger partial charge in [-0.1, -0.05) is 36.4 Å². The largest absolute Gasteiger partial charge is 0.452 e. The number of anilines is 1. The second-order valence-corrected chi connectivity index (χ2v) is 6.74. The van der Waals surface area contributed by atoms with Gasteiger partial charge in [-0.05, 0) is 18.2 Å². The lowest BCUT2D eigenvalue weighted by molar-refractivity contribution is -0.116. The molecule has 4 aromatic rings. The minimum absolute atomic E-state index is 0.0901. The molecule has 0 unspecified atom stereocenters. The van der Waals surface area contributed by atoms with Crippen molar-refractivity contribution in [2.75, 3.05) is 5.32 Å². The van der Waals surface area contributed by atoms with Gasteiger partial charge in [0.25, 0.3) is 0 Å². The van der Waals surface area contributed by atoms with Gasteiger partial charge in [0.05, 0.1) is 18.1 Å². The second-order valence-electron chi connectivity index (χ2n) is 6.74. The molecule has 31 heavy (non-hydrogen) atoms. The van der Waals surface area contributed by atoms with Crippen molar-refractivity contribution in [3.8, 4) is 11.3 Å². The number of oxazole rings is 1. The molecule has 2 aromatic carbocycles. The summed E-state index contributed by atoms with van der Waals surface area (Å²) in [6.45, 7) is 0.432. The number of benzene rings is 2. The van der Waals surface area contributed by atoms with Gasteiger partial charge in [-0.3, -0.25) is 4.79 Å². The molecule has 1 N–H and O–H groups in total. The average molecular weight is 416 g/mol. The molecule has 0 atom stereocenters. The fraction of sp³-hybridized carbons (Fsp3) is 0.130. The molecule has 0 aliphatic heterocycles. The molecule has 0 saturated carbocycles. The highest BCUT2D eigenvalue weighted by atomic mass is 16.5. The topological polar surface area (TPSA) is 99.2 Å². The molecular weight excluding hydrogens is 396 g/mol. The summed E-state index contributed by atoms with van der Waals surface area (Å²) in [7, 11) is 0. The Balaban J connectivity index is 1.31. The first kappa shape index (κ1) is 20.1. The highest BCUT2D eigenvalue weighted by molar-refractivity contribution is 5.94. The van der Waals surface area contributed by atoms with Crippen molar-refractivity contribution >= 4 is 17.6 Å². The van der Waals surface area contributed by atoms with Gasteiger partial charge in [0.15, 0.2) is 12.4 Å². The Kier molecular flexibility index (Phi) is 6.18. The Morgan fingerprint density at radius 1 is 1.10 bits per heavy atom. The number of carbonyl (C=O) groups is 2. The van der Waals surface area contributed by atoms with Crippen molar-refractivity contribution in [3.05, 3.63) is 91.0 Å². The van der Waals surface area contributed by atoms with Crippen LogP contribution in [0.15, 0.2) is 83.9 Å². The normalized spacial score (nSPS) is 10.6. The van der Waals surface area contributed by atoms with Gasteiger partial charge in [0.1, 0.15) is 0 Å². The van der Waals surface area contributed by atoms with Crippen molar-refractivity contribution in [3.63, 3.8) is 0 Å². The number of hydrogen-bond acceptors (Lipinski definition) is 6. The zero-order chi connectivity index (χ0) is 21.5. The van der Waals surface area contributed by atoms with Gasteiger partial charge < -0.3 is 19.0 Å². The van der Waals surface area contributed by atoms with Gasteiger partial charge >= 0.3 is 5.97 Å². The first-order valence-electron chi connectivity index (χ1n) is 9.70. The summed E-state index contributed by atoms with van der Waals surface area (Å²) < 4.78 is 12.8. The molecule has 2 heterocycles. The third-order valence-corrected chi connectivity index (χ3v) is 4.48. The van der Waals surface area contributed by atoms with Crippen LogP contribution in [0.2, 0.25) is 0 Å². The number of nitrogens with one attached hydrogen (secondary N) is 1. The van der Waals surface area contributed by atoms with Gasteiger partial charge in [0, 0.05) is 36.6 Å². The maximum Gasteiger partial charge on any atom is 0.338 e. The maximum absolute atomic E-state index is 12.4. The summed E-state index contributed by atoms with van der Waals surface area (Å²) in [5, 5.41) is 2.78. The van der Waals surface area contributed by atoms with E-state index in [9.17, 15) is 9.59 Å². The Morgan fingerprint density at radius 3 is 2.77 bits per heavy atom. The maximum atomic E-state index is 12.4. The molecule has 0 bridgehead atoms. The third-order valence-electron chi connectivity index (χ3n) is 4.48. The lowest BCUT2D eigenvalue weighted by Gasteiger charge is -2.08. The van der Waals surface area contributed by atoms with Gasteiger partial charge in [-0.15, -0.1) is 0 Å². The van der Waals surface area contributed by atoms with Crippen molar-refractivity contribution in [1.82, 2.24) is 14.5 Å². The highest BCUT2D eigenvalue weighted by Crippen LogP contribution is 2.20. The van der Waals surface area contributed by atoms with Gasteiger partial charge in [0.2, 0.25) is 11.8 Å². The molecule has 0 spiro atoms. The summed E-state index contributed by atoms with van der Waals surface area (Å²) in [4.78, 5) is 32.6. The molecule has 1 amide bonds. The minimum atomic E-state index is -0.533. The molecule has 0 aliphatic carbocycles. The van der Waals surface area contributed by atoms with E-state index in [0.717, 1.165) is 5.56 Å². The number of ether oxygens (including phenoxy) is 1. The zero-order valence-corrected chi connectivity index (χ0v) is 16.6. The summed E-state index contributed by atoms with van der Waals surface area (Å²) in [6.07, 6.45) is 6.99. The van der Waals surface area contributed by atoms with Gasteiger partial charge in [-0.25, -0.2) is 14.8 Å². The molecule has 156 valence electrons. The van der Waals surface area contributed by atoms with Crippen LogP contribution in [0, 0.1) is 0 Å². The highest BCUT2D eigenvalue weighted by Gasteiger charge is 2.12. The molecular formula is C23H20N4O4. The summed E-state index contributed by atoms with van der Waals surface area (Å²) in [5.74, 6) is 0.213. The molecule has 4 rings (SSSR count). The van der Waals surface area contributed by atoms with Crippen LogP contribution in [-0.2, 0) is 22.7 Å². The molecule has 0 fully saturated rings. The number of esters is 1. The predicted octanol–water partition coefficient (Wildman–Crippen LogP) is 3.92. The first-order valence-corrected chi connectivity index (χ1v) is 9.70. The summed E-state index contributed by atoms with van der Waals surface area (Å²) in [6, 6.07) is 16.1. The molecule has 8 heteroatoms. The molecule has 0 aliphatic rings. The fourth-order valence-electron chi connectivity index (χ4n) is 2.92. The number of imidazole rings is 1. The number of aryl methyl sites for hydroxylation is 1. The zero-order valence-electron chi connectivity index (χ0n) is 16.6. The van der Waals surface area contributed by atoms with E-state index in [4.69, 9.17) is 9.15 Å². The molecule has 0 saturated heterocycles. The van der Waals surface area contributed by atoms with Crippen LogP contribution in [0.3, 0.4) is 0 Å².